The van der Waals surface area contributed by atoms with E-state index < -0.39 is 10.0 Å². The monoisotopic (exact) mass is 320 g/mol. The maximum Gasteiger partial charge on any atom is 0.216 e. The Morgan fingerprint density at radius 1 is 1.38 bits per heavy atom. The Kier molecular flexibility index (Phi) is 7.41. The lowest BCUT2D eigenvalue weighted by Gasteiger charge is -2.34. The molecule has 0 bridgehead atoms. The lowest BCUT2D eigenvalue weighted by Crippen LogP contribution is -2.50. The predicted octanol–water partition coefficient (Wildman–Crippen LogP) is 0.130. The number of unbranched alkanes of at least 4 members (excludes halogenated alkanes) is 1. The zero-order chi connectivity index (χ0) is 15.9. The van der Waals surface area contributed by atoms with Crippen molar-refractivity contribution in [1.82, 2.24) is 9.62 Å². The van der Waals surface area contributed by atoms with Gasteiger partial charge in [0.2, 0.25) is 10.0 Å². The highest BCUT2D eigenvalue weighted by molar-refractivity contribution is 7.89. The van der Waals surface area contributed by atoms with Crippen molar-refractivity contribution in [2.45, 2.75) is 45.8 Å². The van der Waals surface area contributed by atoms with E-state index in [2.05, 4.69) is 17.2 Å². The zero-order valence-corrected chi connectivity index (χ0v) is 14.0. The first-order chi connectivity index (χ1) is 9.85. The van der Waals surface area contributed by atoms with Crippen LogP contribution in [0.3, 0.4) is 0 Å². The van der Waals surface area contributed by atoms with Crippen molar-refractivity contribution in [3.8, 4) is 0 Å². The van der Waals surface area contributed by atoms with Crippen molar-refractivity contribution < 1.29 is 13.2 Å². The number of sulfonamides is 1. The van der Waals surface area contributed by atoms with Gasteiger partial charge < -0.3 is 15.8 Å². The Bertz CT molecular complexity index is 429. The van der Waals surface area contributed by atoms with Crippen molar-refractivity contribution in [2.24, 2.45) is 10.7 Å². The molecule has 0 radical (unpaired) electrons. The molecule has 1 aliphatic heterocycles. The van der Waals surface area contributed by atoms with E-state index in [-0.39, 0.29) is 24.5 Å². The standard InChI is InChI=1S/C13H28N4O3S/c1-4-5-6-15-13(14)16-7-8-21(18,19)17-9-11(2)20-12(3)10-17/h11-12H,4-10H2,1-3H3,(H3,14,15,16). The number of ether oxygens (including phenoxy) is 1. The molecule has 1 saturated heterocycles. The molecule has 1 aliphatic rings. The van der Waals surface area contributed by atoms with Gasteiger partial charge in [-0.05, 0) is 20.3 Å². The summed E-state index contributed by atoms with van der Waals surface area (Å²) >= 11 is 0. The normalized spacial score (nSPS) is 25.0. The topological polar surface area (TPSA) is 97.0 Å². The van der Waals surface area contributed by atoms with Gasteiger partial charge in [-0.15, -0.1) is 0 Å². The Labute approximate surface area is 128 Å². The van der Waals surface area contributed by atoms with E-state index in [0.717, 1.165) is 12.8 Å². The second kappa shape index (κ2) is 8.55. The number of rotatable bonds is 7. The van der Waals surface area contributed by atoms with Gasteiger partial charge in [-0.3, -0.25) is 4.99 Å². The quantitative estimate of drug-likeness (QED) is 0.395. The van der Waals surface area contributed by atoms with E-state index >= 15 is 0 Å². The van der Waals surface area contributed by atoms with Gasteiger partial charge in [0.05, 0.1) is 18.0 Å². The minimum atomic E-state index is -3.29. The Balaban J connectivity index is 2.41. The lowest BCUT2D eigenvalue weighted by molar-refractivity contribution is -0.0440. The number of morpholine rings is 1. The summed E-state index contributed by atoms with van der Waals surface area (Å²) in [6, 6.07) is 0. The summed E-state index contributed by atoms with van der Waals surface area (Å²) < 4.78 is 31.6. The summed E-state index contributed by atoms with van der Waals surface area (Å²) in [5.74, 6) is 0.318. The molecule has 0 aliphatic carbocycles. The van der Waals surface area contributed by atoms with Crippen LogP contribution >= 0.6 is 0 Å². The fourth-order valence-electron chi connectivity index (χ4n) is 2.21. The van der Waals surface area contributed by atoms with Crippen LogP contribution in [0.2, 0.25) is 0 Å². The third-order valence-corrected chi connectivity index (χ3v) is 5.04. The van der Waals surface area contributed by atoms with Crippen LogP contribution in [0.4, 0.5) is 0 Å². The average Bonchev–Trinajstić information content (AvgIpc) is 2.37. The van der Waals surface area contributed by atoms with Gasteiger partial charge >= 0.3 is 0 Å². The summed E-state index contributed by atoms with van der Waals surface area (Å²) in [6.45, 7) is 7.60. The Morgan fingerprint density at radius 2 is 2.00 bits per heavy atom. The fourth-order valence-corrected chi connectivity index (χ4v) is 3.70. The second-order valence-electron chi connectivity index (χ2n) is 5.44. The lowest BCUT2D eigenvalue weighted by atomic mass is 10.3. The van der Waals surface area contributed by atoms with Crippen LogP contribution in [0.5, 0.6) is 0 Å². The first-order valence-corrected chi connectivity index (χ1v) is 9.13. The number of aliphatic imine (C=N–C) groups is 1. The summed E-state index contributed by atoms with van der Waals surface area (Å²) in [4.78, 5) is 4.12. The van der Waals surface area contributed by atoms with Crippen LogP contribution < -0.4 is 11.1 Å². The molecule has 3 N–H and O–H groups in total. The van der Waals surface area contributed by atoms with Crippen LogP contribution in [0.1, 0.15) is 33.6 Å². The van der Waals surface area contributed by atoms with E-state index in [9.17, 15) is 8.42 Å². The molecule has 0 aromatic carbocycles. The first kappa shape index (κ1) is 18.2. The number of hydrogen-bond acceptors (Lipinski definition) is 4. The van der Waals surface area contributed by atoms with Crippen molar-refractivity contribution in [1.29, 1.82) is 0 Å². The van der Waals surface area contributed by atoms with E-state index in [1.807, 2.05) is 13.8 Å². The Morgan fingerprint density at radius 3 is 2.57 bits per heavy atom. The summed E-state index contributed by atoms with van der Waals surface area (Å²) in [6.07, 6.45) is 1.89. The number of nitrogens with zero attached hydrogens (tertiary/aromatic N) is 2. The highest BCUT2D eigenvalue weighted by Gasteiger charge is 2.30. The third kappa shape index (κ3) is 6.62. The summed E-state index contributed by atoms with van der Waals surface area (Å²) in [5.41, 5.74) is 5.68. The highest BCUT2D eigenvalue weighted by atomic mass is 32.2. The van der Waals surface area contributed by atoms with Crippen LogP contribution in [-0.4, -0.2) is 62.8 Å². The van der Waals surface area contributed by atoms with Crippen molar-refractivity contribution in [3.05, 3.63) is 0 Å². The molecular formula is C13H28N4O3S. The van der Waals surface area contributed by atoms with Gasteiger partial charge in [-0.25, -0.2) is 8.42 Å². The molecule has 1 heterocycles. The van der Waals surface area contributed by atoms with Gasteiger partial charge in [-0.2, -0.15) is 4.31 Å². The smallest absolute Gasteiger partial charge is 0.216 e. The van der Waals surface area contributed by atoms with Crippen LogP contribution in [0.15, 0.2) is 4.99 Å². The van der Waals surface area contributed by atoms with Gasteiger partial charge in [0.25, 0.3) is 0 Å². The third-order valence-electron chi connectivity index (χ3n) is 3.24. The molecule has 0 spiro atoms. The molecule has 21 heavy (non-hydrogen) atoms. The second-order valence-corrected chi connectivity index (χ2v) is 7.53. The Hall–Kier alpha value is -0.860. The molecule has 0 amide bonds. The van der Waals surface area contributed by atoms with Gasteiger partial charge in [0.15, 0.2) is 5.96 Å². The number of hydrogen-bond donors (Lipinski definition) is 2. The molecule has 124 valence electrons. The van der Waals surface area contributed by atoms with Gasteiger partial charge in [0, 0.05) is 26.2 Å². The molecule has 2 atom stereocenters. The van der Waals surface area contributed by atoms with Gasteiger partial charge in [0.1, 0.15) is 0 Å². The van der Waals surface area contributed by atoms with Crippen molar-refractivity contribution in [2.75, 3.05) is 31.9 Å². The van der Waals surface area contributed by atoms with E-state index in [0.29, 0.717) is 25.6 Å². The molecule has 7 nitrogen and oxygen atoms in total. The average molecular weight is 320 g/mol. The van der Waals surface area contributed by atoms with Crippen LogP contribution in [-0.2, 0) is 14.8 Å². The maximum atomic E-state index is 12.3. The SMILES string of the molecule is CCCCN=C(N)NCCS(=O)(=O)N1CC(C)OC(C)C1. The number of nitrogens with one attached hydrogen (secondary N) is 1. The summed E-state index contributed by atoms with van der Waals surface area (Å²) in [7, 11) is -3.29. The number of nitrogens with two attached hydrogens (primary N) is 1. The minimum absolute atomic E-state index is 0.0104. The predicted molar refractivity (Wildman–Crippen MR) is 84.8 cm³/mol. The van der Waals surface area contributed by atoms with Crippen LogP contribution in [0.25, 0.3) is 0 Å². The fraction of sp³-hybridized carbons (Fsp3) is 0.923. The van der Waals surface area contributed by atoms with E-state index in [1.54, 1.807) is 0 Å². The number of guanidine groups is 1. The summed E-state index contributed by atoms with van der Waals surface area (Å²) in [5, 5.41) is 2.85. The van der Waals surface area contributed by atoms with E-state index in [1.165, 1.54) is 4.31 Å². The molecule has 1 fully saturated rings. The molecule has 0 saturated carbocycles. The van der Waals surface area contributed by atoms with Crippen molar-refractivity contribution in [3.63, 3.8) is 0 Å². The maximum absolute atomic E-state index is 12.3. The largest absolute Gasteiger partial charge is 0.373 e. The van der Waals surface area contributed by atoms with Gasteiger partial charge in [-0.1, -0.05) is 13.3 Å². The molecule has 0 aromatic rings. The zero-order valence-electron chi connectivity index (χ0n) is 13.2. The molecule has 1 rings (SSSR count). The van der Waals surface area contributed by atoms with E-state index in [4.69, 9.17) is 10.5 Å². The molecule has 8 heteroatoms. The molecule has 0 aromatic heterocycles. The van der Waals surface area contributed by atoms with Crippen molar-refractivity contribution >= 4 is 16.0 Å². The highest BCUT2D eigenvalue weighted by Crippen LogP contribution is 2.14. The first-order valence-electron chi connectivity index (χ1n) is 7.52. The molecular weight excluding hydrogens is 292 g/mol. The van der Waals surface area contributed by atoms with Crippen LogP contribution in [0, 0.1) is 0 Å². The molecule has 2 unspecified atom stereocenters. The minimum Gasteiger partial charge on any atom is -0.373 e.